The average Bonchev–Trinajstić information content (AvgIpc) is 3.44. The highest BCUT2D eigenvalue weighted by Gasteiger charge is 2.20. The Hall–Kier alpha value is -3.07. The van der Waals surface area contributed by atoms with Crippen LogP contribution < -0.4 is 10.2 Å². The van der Waals surface area contributed by atoms with E-state index >= 15 is 0 Å². The van der Waals surface area contributed by atoms with E-state index in [9.17, 15) is 4.79 Å². The highest BCUT2D eigenvalue weighted by molar-refractivity contribution is 7.99. The number of benzene rings is 1. The summed E-state index contributed by atoms with van der Waals surface area (Å²) >= 11 is 1.65. The number of H-pyrrole nitrogens is 1. The maximum Gasteiger partial charge on any atom is 0.253 e. The van der Waals surface area contributed by atoms with Gasteiger partial charge in [-0.2, -0.15) is 5.10 Å². The molecule has 32 heavy (non-hydrogen) atoms. The number of hydrogen-bond acceptors (Lipinski definition) is 6. The molecule has 0 unspecified atom stereocenters. The van der Waals surface area contributed by atoms with Crippen LogP contribution in [0.3, 0.4) is 0 Å². The second kappa shape index (κ2) is 9.20. The van der Waals surface area contributed by atoms with Crippen LogP contribution in [-0.4, -0.2) is 56.0 Å². The molecule has 0 saturated carbocycles. The number of para-hydroxylation sites is 1. The van der Waals surface area contributed by atoms with Gasteiger partial charge in [0, 0.05) is 36.7 Å². The molecule has 1 aromatic carbocycles. The minimum atomic E-state index is -0.0928. The zero-order valence-electron chi connectivity index (χ0n) is 18.2. The fraction of sp³-hybridized carbons (Fsp3) is 0.391. The van der Waals surface area contributed by atoms with Gasteiger partial charge in [-0.05, 0) is 31.1 Å². The summed E-state index contributed by atoms with van der Waals surface area (Å²) in [4.78, 5) is 27.9. The smallest absolute Gasteiger partial charge is 0.253 e. The van der Waals surface area contributed by atoms with Gasteiger partial charge in [0.25, 0.3) is 5.91 Å². The first-order valence-corrected chi connectivity index (χ1v) is 12.2. The minimum Gasteiger partial charge on any atom is -0.360 e. The highest BCUT2D eigenvalue weighted by Crippen LogP contribution is 2.29. The molecule has 4 aromatic rings. The van der Waals surface area contributed by atoms with Crippen LogP contribution in [0.25, 0.3) is 21.9 Å². The topological polar surface area (TPSA) is 91.7 Å². The van der Waals surface area contributed by atoms with Crippen molar-refractivity contribution in [1.29, 1.82) is 0 Å². The van der Waals surface area contributed by atoms with Gasteiger partial charge in [-0.25, -0.2) is 14.6 Å². The quantitative estimate of drug-likeness (QED) is 0.329. The summed E-state index contributed by atoms with van der Waals surface area (Å²) in [6, 6.07) is 7.81. The summed E-state index contributed by atoms with van der Waals surface area (Å²) in [5, 5.41) is 10.3. The normalized spacial score (nSPS) is 14.3. The van der Waals surface area contributed by atoms with E-state index in [1.165, 1.54) is 19.3 Å². The van der Waals surface area contributed by atoms with E-state index in [4.69, 9.17) is 9.97 Å². The molecule has 5 rings (SSSR count). The van der Waals surface area contributed by atoms with Crippen LogP contribution in [-0.2, 0) is 6.54 Å². The first-order valence-electron chi connectivity index (χ1n) is 11.2. The molecule has 0 atom stereocenters. The summed E-state index contributed by atoms with van der Waals surface area (Å²) in [5.74, 6) is 1.81. The zero-order chi connectivity index (χ0) is 21.9. The zero-order valence-corrected chi connectivity index (χ0v) is 19.0. The molecule has 1 aliphatic heterocycles. The lowest BCUT2D eigenvalue weighted by atomic mass is 10.1. The summed E-state index contributed by atoms with van der Waals surface area (Å²) in [5.41, 5.74) is 2.44. The molecule has 0 spiro atoms. The van der Waals surface area contributed by atoms with Gasteiger partial charge in [0.2, 0.25) is 0 Å². The van der Waals surface area contributed by atoms with Crippen LogP contribution in [0.4, 0.5) is 5.82 Å². The second-order valence-electron chi connectivity index (χ2n) is 7.92. The van der Waals surface area contributed by atoms with E-state index in [1.807, 2.05) is 35.1 Å². The molecule has 0 aliphatic carbocycles. The summed E-state index contributed by atoms with van der Waals surface area (Å²) in [6.07, 6.45) is 7.28. The first kappa shape index (κ1) is 20.8. The van der Waals surface area contributed by atoms with Gasteiger partial charge in [-0.3, -0.25) is 4.79 Å². The molecule has 8 nitrogen and oxygen atoms in total. The Labute approximate surface area is 190 Å². The lowest BCUT2D eigenvalue weighted by Gasteiger charge is -2.28. The van der Waals surface area contributed by atoms with Crippen LogP contribution in [0.5, 0.6) is 0 Å². The molecular weight excluding hydrogens is 422 g/mol. The molecule has 4 heterocycles. The third kappa shape index (κ3) is 4.04. The predicted octanol–water partition coefficient (Wildman–Crippen LogP) is 3.84. The fourth-order valence-electron chi connectivity index (χ4n) is 4.25. The van der Waals surface area contributed by atoms with E-state index in [1.54, 1.807) is 18.0 Å². The summed E-state index contributed by atoms with van der Waals surface area (Å²) in [6.45, 7) is 5.16. The van der Waals surface area contributed by atoms with Crippen molar-refractivity contribution in [1.82, 2.24) is 30.0 Å². The molecule has 166 valence electrons. The number of amides is 1. The Kier molecular flexibility index (Phi) is 5.98. The maximum atomic E-state index is 12.7. The first-order chi connectivity index (χ1) is 15.7. The van der Waals surface area contributed by atoms with Crippen LogP contribution in [0, 0.1) is 0 Å². The van der Waals surface area contributed by atoms with Crippen molar-refractivity contribution in [3.63, 3.8) is 0 Å². The van der Waals surface area contributed by atoms with Crippen molar-refractivity contribution in [2.45, 2.75) is 37.9 Å². The van der Waals surface area contributed by atoms with Crippen LogP contribution >= 0.6 is 11.8 Å². The van der Waals surface area contributed by atoms with Crippen molar-refractivity contribution >= 4 is 45.4 Å². The van der Waals surface area contributed by atoms with Gasteiger partial charge >= 0.3 is 0 Å². The van der Waals surface area contributed by atoms with Gasteiger partial charge in [-0.15, -0.1) is 0 Å². The molecule has 0 radical (unpaired) electrons. The van der Waals surface area contributed by atoms with Gasteiger partial charge in [0.1, 0.15) is 5.82 Å². The largest absolute Gasteiger partial charge is 0.360 e. The summed E-state index contributed by atoms with van der Waals surface area (Å²) in [7, 11) is 0. The number of nitrogens with one attached hydrogen (secondary N) is 2. The van der Waals surface area contributed by atoms with E-state index in [0.29, 0.717) is 18.7 Å². The number of thioether (sulfide) groups is 1. The van der Waals surface area contributed by atoms with Crippen LogP contribution in [0.1, 0.15) is 36.5 Å². The monoisotopic (exact) mass is 449 g/mol. The van der Waals surface area contributed by atoms with Crippen molar-refractivity contribution in [3.05, 3.63) is 42.2 Å². The number of nitrogens with zero attached hydrogens (tertiary/aromatic N) is 5. The van der Waals surface area contributed by atoms with E-state index in [2.05, 4.69) is 27.2 Å². The summed E-state index contributed by atoms with van der Waals surface area (Å²) < 4.78 is 1.87. The standard InChI is InChI=1S/C23H27N7OS/c1-2-32-23-27-20(29-11-6-3-7-12-29)18-15-26-30(21(18)28-23)13-10-24-22(31)17-14-25-19-9-5-4-8-16(17)19/h4-5,8-9,14-15,25H,2-3,6-7,10-13H2,1H3,(H,24,31). The Morgan fingerprint density at radius 3 is 2.84 bits per heavy atom. The third-order valence-electron chi connectivity index (χ3n) is 5.83. The lowest BCUT2D eigenvalue weighted by molar-refractivity contribution is 0.0953. The number of piperidine rings is 1. The number of fused-ring (bicyclic) bond motifs is 2. The van der Waals surface area contributed by atoms with Crippen LogP contribution in [0.15, 0.2) is 41.8 Å². The second-order valence-corrected chi connectivity index (χ2v) is 9.15. The van der Waals surface area contributed by atoms with Gasteiger partial charge in [0.15, 0.2) is 10.8 Å². The Bertz CT molecular complexity index is 1240. The molecule has 3 aromatic heterocycles. The molecule has 2 N–H and O–H groups in total. The molecule has 1 saturated heterocycles. The van der Waals surface area contributed by atoms with Crippen molar-refractivity contribution in [2.75, 3.05) is 30.3 Å². The lowest BCUT2D eigenvalue weighted by Crippen LogP contribution is -2.30. The molecule has 0 bridgehead atoms. The van der Waals surface area contributed by atoms with Crippen LogP contribution in [0.2, 0.25) is 0 Å². The van der Waals surface area contributed by atoms with Gasteiger partial charge in [0.05, 0.1) is 23.7 Å². The number of aromatic amines is 1. The molecular formula is C23H27N7OS. The number of aromatic nitrogens is 5. The minimum absolute atomic E-state index is 0.0928. The van der Waals surface area contributed by atoms with Crippen molar-refractivity contribution in [3.8, 4) is 0 Å². The Morgan fingerprint density at radius 1 is 1.16 bits per heavy atom. The SMILES string of the molecule is CCSc1nc(N2CCCCC2)c2cnn(CCNC(=O)c3c[nH]c4ccccc34)c2n1. The maximum absolute atomic E-state index is 12.7. The predicted molar refractivity (Wildman–Crippen MR) is 128 cm³/mol. The van der Waals surface area contributed by atoms with E-state index in [0.717, 1.165) is 51.8 Å². The highest BCUT2D eigenvalue weighted by atomic mass is 32.2. The molecule has 9 heteroatoms. The van der Waals surface area contributed by atoms with E-state index < -0.39 is 0 Å². The number of hydrogen-bond donors (Lipinski definition) is 2. The number of carbonyl (C=O) groups excluding carboxylic acids is 1. The average molecular weight is 450 g/mol. The molecule has 1 amide bonds. The van der Waals surface area contributed by atoms with Gasteiger partial charge < -0.3 is 15.2 Å². The fourth-order valence-corrected chi connectivity index (χ4v) is 4.82. The Morgan fingerprint density at radius 2 is 2.00 bits per heavy atom. The van der Waals surface area contributed by atoms with Gasteiger partial charge in [-0.1, -0.05) is 36.9 Å². The van der Waals surface area contributed by atoms with E-state index in [-0.39, 0.29) is 5.91 Å². The van der Waals surface area contributed by atoms with Crippen molar-refractivity contribution < 1.29 is 4.79 Å². The number of carbonyl (C=O) groups is 1. The molecule has 1 aliphatic rings. The van der Waals surface area contributed by atoms with Crippen molar-refractivity contribution in [2.24, 2.45) is 0 Å². The number of rotatable bonds is 7. The molecule has 1 fully saturated rings. The number of anilines is 1. The Balaban J connectivity index is 1.35. The third-order valence-corrected chi connectivity index (χ3v) is 6.56.